The van der Waals surface area contributed by atoms with Crippen molar-refractivity contribution < 1.29 is 29.6 Å². The van der Waals surface area contributed by atoms with Gasteiger partial charge in [-0.05, 0) is 24.3 Å². The molecule has 0 bridgehead atoms. The molecule has 5 N–H and O–H groups in total. The second-order valence-electron chi connectivity index (χ2n) is 6.54. The van der Waals surface area contributed by atoms with Crippen LogP contribution in [0.25, 0.3) is 0 Å². The number of aliphatic hydroxyl groups is 3. The minimum atomic E-state index is -1.36. The van der Waals surface area contributed by atoms with Gasteiger partial charge in [0.15, 0.2) is 0 Å². The maximum Gasteiger partial charge on any atom is 0.261 e. The Hall–Kier alpha value is -2.78. The summed E-state index contributed by atoms with van der Waals surface area (Å²) in [6.07, 6.45) is -3.65. The molecule has 4 rings (SSSR count). The molecule has 0 saturated carbocycles. The lowest BCUT2D eigenvalue weighted by Crippen LogP contribution is -2.61. The van der Waals surface area contributed by atoms with E-state index in [2.05, 4.69) is 0 Å². The number of carbonyl (C=O) groups is 2. The Morgan fingerprint density at radius 3 is 1.93 bits per heavy atom. The van der Waals surface area contributed by atoms with Crippen molar-refractivity contribution in [1.82, 2.24) is 4.90 Å². The molecule has 1 fully saturated rings. The van der Waals surface area contributed by atoms with Gasteiger partial charge in [-0.3, -0.25) is 14.5 Å². The second-order valence-corrected chi connectivity index (χ2v) is 6.54. The quantitative estimate of drug-likeness (QED) is 0.423. The van der Waals surface area contributed by atoms with Crippen molar-refractivity contribution in [2.45, 2.75) is 24.4 Å². The molecule has 0 aliphatic carbocycles. The van der Waals surface area contributed by atoms with Crippen LogP contribution in [-0.2, 0) is 4.74 Å². The van der Waals surface area contributed by atoms with Crippen molar-refractivity contribution >= 4 is 17.5 Å². The maximum absolute atomic E-state index is 12.3. The Morgan fingerprint density at radius 2 is 1.46 bits per heavy atom. The first kappa shape index (κ1) is 20.0. The van der Waals surface area contributed by atoms with Gasteiger partial charge in [-0.1, -0.05) is 30.3 Å². The van der Waals surface area contributed by atoms with Crippen LogP contribution in [0.4, 0.5) is 5.69 Å². The highest BCUT2D eigenvalue weighted by Gasteiger charge is 2.48. The molecular formula is C20H22N2O6. The number of nitrogen functional groups attached to an aromatic ring is 1. The van der Waals surface area contributed by atoms with E-state index in [9.17, 15) is 19.8 Å². The largest absolute Gasteiger partial charge is 0.399 e. The molecule has 0 radical (unpaired) electrons. The molecule has 0 unspecified atom stereocenters. The molecule has 4 atom stereocenters. The third-order valence-electron chi connectivity index (χ3n) is 4.74. The second kappa shape index (κ2) is 8.49. The fraction of sp³-hybridized carbons (Fsp3) is 0.300. The van der Waals surface area contributed by atoms with Gasteiger partial charge in [0.25, 0.3) is 11.8 Å². The van der Waals surface area contributed by atoms with Crippen LogP contribution in [0.1, 0.15) is 20.7 Å². The summed E-state index contributed by atoms with van der Waals surface area (Å²) in [5.74, 6) is -1.03. The normalized spacial score (nSPS) is 26.5. The first-order valence-electron chi connectivity index (χ1n) is 8.81. The molecule has 2 aliphatic heterocycles. The lowest BCUT2D eigenvalue weighted by molar-refractivity contribution is -0.171. The van der Waals surface area contributed by atoms with Crippen LogP contribution in [0.15, 0.2) is 54.6 Å². The van der Waals surface area contributed by atoms with Gasteiger partial charge in [0.05, 0.1) is 30.4 Å². The summed E-state index contributed by atoms with van der Waals surface area (Å²) in [6.45, 7) is -0.581. The van der Waals surface area contributed by atoms with Gasteiger partial charge in [-0.15, -0.1) is 0 Å². The fourth-order valence-electron chi connectivity index (χ4n) is 3.22. The van der Waals surface area contributed by atoms with Gasteiger partial charge >= 0.3 is 0 Å². The van der Waals surface area contributed by atoms with Crippen LogP contribution < -0.4 is 5.73 Å². The Morgan fingerprint density at radius 1 is 0.929 bits per heavy atom. The molecule has 2 heterocycles. The summed E-state index contributed by atoms with van der Waals surface area (Å²) in [5, 5.41) is 29.0. The molecule has 2 aromatic carbocycles. The molecule has 2 amide bonds. The van der Waals surface area contributed by atoms with Gasteiger partial charge in [-0.25, -0.2) is 0 Å². The van der Waals surface area contributed by atoms with Gasteiger partial charge in [0, 0.05) is 5.69 Å². The van der Waals surface area contributed by atoms with Gasteiger partial charge in [0.1, 0.15) is 18.3 Å². The van der Waals surface area contributed by atoms with Gasteiger partial charge in [0.2, 0.25) is 0 Å². The lowest BCUT2D eigenvalue weighted by Gasteiger charge is -2.40. The van der Waals surface area contributed by atoms with Crippen LogP contribution in [-0.4, -0.2) is 69.6 Å². The molecule has 8 heteroatoms. The number of imide groups is 1. The predicted molar refractivity (Wildman–Crippen MR) is 100 cm³/mol. The van der Waals surface area contributed by atoms with Crippen LogP contribution >= 0.6 is 0 Å². The number of aliphatic hydroxyl groups excluding tert-OH is 3. The average molecular weight is 386 g/mol. The number of hydrogen-bond donors (Lipinski definition) is 4. The van der Waals surface area contributed by atoms with Crippen molar-refractivity contribution in [3.63, 3.8) is 0 Å². The first-order valence-corrected chi connectivity index (χ1v) is 8.81. The number of nitrogens with two attached hydrogens (primary N) is 1. The number of rotatable bonds is 2. The topological polar surface area (TPSA) is 133 Å². The molecule has 8 nitrogen and oxygen atoms in total. The molecular weight excluding hydrogens is 364 g/mol. The summed E-state index contributed by atoms with van der Waals surface area (Å²) >= 11 is 0. The molecule has 1 saturated heterocycles. The van der Waals surface area contributed by atoms with E-state index >= 15 is 0 Å². The van der Waals surface area contributed by atoms with E-state index in [4.69, 9.17) is 15.6 Å². The van der Waals surface area contributed by atoms with Crippen molar-refractivity contribution in [2.24, 2.45) is 0 Å². The average Bonchev–Trinajstić information content (AvgIpc) is 2.96. The number of ether oxygens (including phenoxy) is 1. The number of benzene rings is 2. The third kappa shape index (κ3) is 3.76. The molecule has 0 aromatic heterocycles. The highest BCUT2D eigenvalue weighted by Crippen LogP contribution is 2.29. The minimum absolute atomic E-state index is 0.130. The van der Waals surface area contributed by atoms with Crippen LogP contribution in [0.5, 0.6) is 0 Å². The lowest BCUT2D eigenvalue weighted by atomic mass is 9.97. The molecule has 2 aliphatic rings. The Balaban J connectivity index is 0.000000271. The molecule has 148 valence electrons. The summed E-state index contributed by atoms with van der Waals surface area (Å²) in [4.78, 5) is 25.6. The number of hydrogen-bond acceptors (Lipinski definition) is 7. The molecule has 2 aromatic rings. The fourth-order valence-corrected chi connectivity index (χ4v) is 3.22. The zero-order chi connectivity index (χ0) is 20.3. The number of carbonyl (C=O) groups excluding carboxylic acids is 2. The molecule has 0 spiro atoms. The van der Waals surface area contributed by atoms with Crippen LogP contribution in [0.2, 0.25) is 0 Å². The first-order chi connectivity index (χ1) is 13.5. The number of para-hydroxylation sites is 1. The monoisotopic (exact) mass is 386 g/mol. The summed E-state index contributed by atoms with van der Waals surface area (Å²) in [7, 11) is 0. The van der Waals surface area contributed by atoms with Crippen molar-refractivity contribution in [1.29, 1.82) is 0 Å². The Bertz CT molecular complexity index is 809. The number of anilines is 1. The van der Waals surface area contributed by atoms with Gasteiger partial charge in [-0.2, -0.15) is 0 Å². The van der Waals surface area contributed by atoms with E-state index in [-0.39, 0.29) is 17.7 Å². The Labute approximate surface area is 161 Å². The van der Waals surface area contributed by atoms with E-state index in [0.29, 0.717) is 0 Å². The number of amides is 2. The summed E-state index contributed by atoms with van der Waals surface area (Å²) in [5.41, 5.74) is 6.72. The van der Waals surface area contributed by atoms with Crippen molar-refractivity contribution in [3.8, 4) is 0 Å². The standard InChI is InChI=1S/C14H15NO6.C6H7N/c16-5-10-12(18)11(17)9(6-21-10)15-13(19)7-3-1-2-4-8(7)14(15)20;7-6-4-2-1-3-5-6/h1-4,9-12,16-18H,5-6H2;1-5H,7H2/t9-,10-,11-,12-;/m1./s1. The zero-order valence-corrected chi connectivity index (χ0v) is 15.0. The molecule has 28 heavy (non-hydrogen) atoms. The predicted octanol–water partition coefficient (Wildman–Crippen LogP) is 0.0329. The third-order valence-corrected chi connectivity index (χ3v) is 4.74. The van der Waals surface area contributed by atoms with Crippen molar-refractivity contribution in [2.75, 3.05) is 18.9 Å². The maximum atomic E-state index is 12.3. The number of fused-ring (bicyclic) bond motifs is 1. The minimum Gasteiger partial charge on any atom is -0.399 e. The van der Waals surface area contributed by atoms with E-state index in [1.54, 1.807) is 24.3 Å². The zero-order valence-electron chi connectivity index (χ0n) is 15.0. The van der Waals surface area contributed by atoms with Crippen LogP contribution in [0.3, 0.4) is 0 Å². The van der Waals surface area contributed by atoms with Gasteiger partial charge < -0.3 is 25.8 Å². The highest BCUT2D eigenvalue weighted by atomic mass is 16.5. The van der Waals surface area contributed by atoms with Crippen LogP contribution in [0, 0.1) is 0 Å². The summed E-state index contributed by atoms with van der Waals surface area (Å²) in [6, 6.07) is 14.9. The van der Waals surface area contributed by atoms with E-state index < -0.39 is 42.8 Å². The van der Waals surface area contributed by atoms with Crippen molar-refractivity contribution in [3.05, 3.63) is 65.7 Å². The smallest absolute Gasteiger partial charge is 0.261 e. The highest BCUT2D eigenvalue weighted by molar-refractivity contribution is 6.21. The Kier molecular flexibility index (Phi) is 6.05. The van der Waals surface area contributed by atoms with E-state index in [0.717, 1.165) is 10.6 Å². The summed E-state index contributed by atoms with van der Waals surface area (Å²) < 4.78 is 5.22. The van der Waals surface area contributed by atoms with E-state index in [1.165, 1.54) is 0 Å². The SMILES string of the molecule is Nc1ccccc1.O=C1c2ccccc2C(=O)N1[C@@H]1CO[C@H](CO)[C@@H](O)[C@@H]1O. The van der Waals surface area contributed by atoms with E-state index in [1.807, 2.05) is 30.3 Å². The number of nitrogens with zero attached hydrogens (tertiary/aromatic N) is 1.